The van der Waals surface area contributed by atoms with Crippen molar-refractivity contribution in [2.75, 3.05) is 32.7 Å². The van der Waals surface area contributed by atoms with Crippen molar-refractivity contribution in [1.29, 1.82) is 0 Å². The number of phenolic OH excluding ortho intramolecular Hbond substituents is 1. The highest BCUT2D eigenvalue weighted by Crippen LogP contribution is 2.23. The summed E-state index contributed by atoms with van der Waals surface area (Å²) in [7, 11) is 0. The summed E-state index contributed by atoms with van der Waals surface area (Å²) in [5.41, 5.74) is 0.915. The van der Waals surface area contributed by atoms with Gasteiger partial charge in [-0.2, -0.15) is 0 Å². The van der Waals surface area contributed by atoms with E-state index >= 15 is 0 Å². The van der Waals surface area contributed by atoms with E-state index in [1.54, 1.807) is 6.07 Å². The van der Waals surface area contributed by atoms with Gasteiger partial charge in [0.05, 0.1) is 6.42 Å². The first-order valence-electron chi connectivity index (χ1n) is 6.68. The molecule has 0 aliphatic carbocycles. The Labute approximate surface area is 126 Å². The molecular weight excluding hydrogens is 324 g/mol. The topological polar surface area (TPSA) is 64.0 Å². The summed E-state index contributed by atoms with van der Waals surface area (Å²) < 4.78 is 0.963. The number of benzene rings is 1. The van der Waals surface area contributed by atoms with Gasteiger partial charge >= 0.3 is 5.97 Å². The van der Waals surface area contributed by atoms with Crippen LogP contribution >= 0.6 is 15.9 Å². The highest BCUT2D eigenvalue weighted by Gasteiger charge is 2.18. The number of carboxylic acid groups (broad SMARTS) is 1. The van der Waals surface area contributed by atoms with Gasteiger partial charge in [0, 0.05) is 49.3 Å². The average Bonchev–Trinajstić information content (AvgIpc) is 2.42. The summed E-state index contributed by atoms with van der Waals surface area (Å²) in [4.78, 5) is 15.0. The van der Waals surface area contributed by atoms with Crippen molar-refractivity contribution in [3.8, 4) is 5.75 Å². The van der Waals surface area contributed by atoms with Gasteiger partial charge in [-0.1, -0.05) is 15.9 Å². The van der Waals surface area contributed by atoms with Crippen molar-refractivity contribution in [2.45, 2.75) is 13.0 Å². The third-order valence-electron chi connectivity index (χ3n) is 3.54. The highest BCUT2D eigenvalue weighted by atomic mass is 79.9. The maximum absolute atomic E-state index is 10.5. The molecule has 0 atom stereocenters. The Morgan fingerprint density at radius 2 is 1.85 bits per heavy atom. The number of nitrogens with zero attached hydrogens (tertiary/aromatic N) is 2. The molecular formula is C14H19BrN2O3. The summed E-state index contributed by atoms with van der Waals surface area (Å²) in [6.45, 7) is 4.88. The van der Waals surface area contributed by atoms with Crippen LogP contribution in [-0.4, -0.2) is 58.7 Å². The molecule has 1 aliphatic heterocycles. The normalized spacial score (nSPS) is 17.2. The van der Waals surface area contributed by atoms with E-state index in [9.17, 15) is 9.90 Å². The minimum atomic E-state index is -0.744. The lowest BCUT2D eigenvalue weighted by Crippen LogP contribution is -2.46. The maximum Gasteiger partial charge on any atom is 0.304 e. The summed E-state index contributed by atoms with van der Waals surface area (Å²) in [6, 6.07) is 5.46. The Morgan fingerprint density at radius 1 is 1.20 bits per heavy atom. The molecule has 1 fully saturated rings. The molecule has 1 heterocycles. The van der Waals surface area contributed by atoms with Gasteiger partial charge in [0.1, 0.15) is 5.75 Å². The first kappa shape index (κ1) is 15.3. The van der Waals surface area contributed by atoms with Gasteiger partial charge in [-0.25, -0.2) is 0 Å². The van der Waals surface area contributed by atoms with Crippen molar-refractivity contribution < 1.29 is 15.0 Å². The van der Waals surface area contributed by atoms with Crippen molar-refractivity contribution >= 4 is 21.9 Å². The van der Waals surface area contributed by atoms with Crippen LogP contribution in [0.5, 0.6) is 5.75 Å². The lowest BCUT2D eigenvalue weighted by Gasteiger charge is -2.34. The zero-order valence-corrected chi connectivity index (χ0v) is 12.8. The van der Waals surface area contributed by atoms with Crippen LogP contribution in [0.25, 0.3) is 0 Å². The van der Waals surface area contributed by atoms with Crippen LogP contribution in [0.3, 0.4) is 0 Å². The van der Waals surface area contributed by atoms with E-state index in [2.05, 4.69) is 25.7 Å². The molecule has 0 spiro atoms. The first-order valence-corrected chi connectivity index (χ1v) is 7.48. The molecule has 2 N–H and O–H groups in total. The Bertz CT molecular complexity index is 473. The Hall–Kier alpha value is -1.11. The van der Waals surface area contributed by atoms with Gasteiger partial charge < -0.3 is 15.1 Å². The van der Waals surface area contributed by atoms with Crippen molar-refractivity contribution in [2.24, 2.45) is 0 Å². The van der Waals surface area contributed by atoms with Crippen LogP contribution in [0.15, 0.2) is 22.7 Å². The molecule has 1 saturated heterocycles. The molecule has 1 aromatic carbocycles. The van der Waals surface area contributed by atoms with Gasteiger partial charge in [-0.05, 0) is 18.2 Å². The number of carboxylic acids is 1. The van der Waals surface area contributed by atoms with Crippen LogP contribution in [0.4, 0.5) is 0 Å². The third kappa shape index (κ3) is 4.47. The van der Waals surface area contributed by atoms with Gasteiger partial charge in [0.15, 0.2) is 0 Å². The third-order valence-corrected chi connectivity index (χ3v) is 4.04. The lowest BCUT2D eigenvalue weighted by molar-refractivity contribution is -0.137. The minimum Gasteiger partial charge on any atom is -0.508 e. The van der Waals surface area contributed by atoms with Crippen molar-refractivity contribution in [1.82, 2.24) is 9.80 Å². The average molecular weight is 343 g/mol. The second-order valence-electron chi connectivity index (χ2n) is 5.03. The number of hydrogen-bond acceptors (Lipinski definition) is 4. The van der Waals surface area contributed by atoms with E-state index in [1.165, 1.54) is 0 Å². The molecule has 2 rings (SSSR count). The predicted octanol–water partition coefficient (Wildman–Crippen LogP) is 1.75. The van der Waals surface area contributed by atoms with Crippen LogP contribution in [0.2, 0.25) is 0 Å². The number of carbonyl (C=O) groups is 1. The molecule has 0 unspecified atom stereocenters. The van der Waals surface area contributed by atoms with Gasteiger partial charge in [0.2, 0.25) is 0 Å². The first-order chi connectivity index (χ1) is 9.54. The van der Waals surface area contributed by atoms with Crippen molar-refractivity contribution in [3.05, 3.63) is 28.2 Å². The molecule has 5 nitrogen and oxygen atoms in total. The molecule has 1 aromatic rings. The molecule has 0 saturated carbocycles. The Morgan fingerprint density at radius 3 is 2.50 bits per heavy atom. The minimum absolute atomic E-state index is 0.201. The lowest BCUT2D eigenvalue weighted by atomic mass is 10.1. The Kier molecular flexibility index (Phi) is 5.39. The van der Waals surface area contributed by atoms with E-state index in [0.29, 0.717) is 12.3 Å². The smallest absolute Gasteiger partial charge is 0.304 e. The van der Waals surface area contributed by atoms with E-state index < -0.39 is 5.97 Å². The van der Waals surface area contributed by atoms with Gasteiger partial charge in [-0.3, -0.25) is 9.69 Å². The van der Waals surface area contributed by atoms with E-state index in [-0.39, 0.29) is 6.42 Å². The fourth-order valence-corrected chi connectivity index (χ4v) is 2.75. The monoisotopic (exact) mass is 342 g/mol. The molecule has 0 aromatic heterocycles. The second kappa shape index (κ2) is 7.06. The van der Waals surface area contributed by atoms with E-state index in [4.69, 9.17) is 5.11 Å². The number of halogens is 1. The number of hydrogen-bond donors (Lipinski definition) is 2. The molecule has 0 radical (unpaired) electrons. The molecule has 20 heavy (non-hydrogen) atoms. The maximum atomic E-state index is 10.5. The zero-order valence-electron chi connectivity index (χ0n) is 11.3. The summed E-state index contributed by atoms with van der Waals surface area (Å²) in [5.74, 6) is -0.423. The molecule has 0 amide bonds. The predicted molar refractivity (Wildman–Crippen MR) is 79.8 cm³/mol. The number of piperazine rings is 1. The largest absolute Gasteiger partial charge is 0.508 e. The number of phenols is 1. The van der Waals surface area contributed by atoms with Crippen LogP contribution < -0.4 is 0 Å². The van der Waals surface area contributed by atoms with Crippen LogP contribution in [0.1, 0.15) is 12.0 Å². The van der Waals surface area contributed by atoms with Crippen LogP contribution in [-0.2, 0) is 11.3 Å². The van der Waals surface area contributed by atoms with Crippen molar-refractivity contribution in [3.63, 3.8) is 0 Å². The number of aromatic hydroxyl groups is 1. The fraction of sp³-hybridized carbons (Fsp3) is 0.500. The van der Waals surface area contributed by atoms with Gasteiger partial charge in [-0.15, -0.1) is 0 Å². The number of aliphatic carboxylic acids is 1. The van der Waals surface area contributed by atoms with Crippen LogP contribution in [0, 0.1) is 0 Å². The summed E-state index contributed by atoms with van der Waals surface area (Å²) in [6.07, 6.45) is 0.201. The molecule has 110 valence electrons. The second-order valence-corrected chi connectivity index (χ2v) is 5.95. The zero-order chi connectivity index (χ0) is 14.5. The standard InChI is InChI=1S/C14H19BrN2O3/c15-12-1-2-13(18)11(9-12)10-17-7-5-16(6-8-17)4-3-14(19)20/h1-2,9,18H,3-8,10H2,(H,19,20). The number of rotatable bonds is 5. The fourth-order valence-electron chi connectivity index (χ4n) is 2.35. The summed E-state index contributed by atoms with van der Waals surface area (Å²) in [5, 5.41) is 18.5. The summed E-state index contributed by atoms with van der Waals surface area (Å²) >= 11 is 3.41. The molecule has 0 bridgehead atoms. The SMILES string of the molecule is O=C(O)CCN1CCN(Cc2cc(Br)ccc2O)CC1. The van der Waals surface area contributed by atoms with E-state index in [1.807, 2.05) is 12.1 Å². The molecule has 1 aliphatic rings. The van der Waals surface area contributed by atoms with E-state index in [0.717, 1.165) is 42.8 Å². The highest BCUT2D eigenvalue weighted by molar-refractivity contribution is 9.10. The molecule has 6 heteroatoms. The Balaban J connectivity index is 1.82. The van der Waals surface area contributed by atoms with Gasteiger partial charge in [0.25, 0.3) is 0 Å². The quantitative estimate of drug-likeness (QED) is 0.853.